The Kier molecular flexibility index (Phi) is 5.43. The molecule has 0 unspecified atom stereocenters. The van der Waals surface area contributed by atoms with Gasteiger partial charge in [-0.05, 0) is 67.2 Å². The van der Waals surface area contributed by atoms with Crippen LogP contribution in [-0.2, 0) is 14.2 Å². The summed E-state index contributed by atoms with van der Waals surface area (Å²) in [4.78, 5) is 0. The van der Waals surface area contributed by atoms with Crippen LogP contribution in [0.2, 0.25) is 0 Å². The van der Waals surface area contributed by atoms with Crippen molar-refractivity contribution in [2.75, 3.05) is 6.61 Å². The van der Waals surface area contributed by atoms with Gasteiger partial charge in [-0.1, -0.05) is 0 Å². The van der Waals surface area contributed by atoms with E-state index >= 15 is 0 Å². The molecule has 2 saturated heterocycles. The number of ether oxygens (including phenoxy) is 3. The third kappa shape index (κ3) is 4.11. The second kappa shape index (κ2) is 6.49. The van der Waals surface area contributed by atoms with Gasteiger partial charge in [0.1, 0.15) is 6.10 Å². The summed E-state index contributed by atoms with van der Waals surface area (Å²) in [5.41, 5.74) is -2.24. The molecule has 5 atom stereocenters. The van der Waals surface area contributed by atoms with Crippen LogP contribution < -0.4 is 0 Å². The van der Waals surface area contributed by atoms with E-state index < -0.39 is 28.7 Å². The molecule has 0 aromatic rings. The first-order valence-corrected chi connectivity index (χ1v) is 8.88. The maximum atomic E-state index is 10.9. The lowest BCUT2D eigenvalue weighted by Crippen LogP contribution is -2.46. The SMILES string of the molecule is CC1(C)O[C@H](CC[C@](C)(O)[C@H]2CC[C@@](C)([C@H](O)CO)O2)C(C)(C)O1. The molecule has 0 aromatic heterocycles. The quantitative estimate of drug-likeness (QED) is 0.679. The molecule has 24 heavy (non-hydrogen) atoms. The molecule has 0 saturated carbocycles. The maximum absolute atomic E-state index is 10.9. The summed E-state index contributed by atoms with van der Waals surface area (Å²) in [5, 5.41) is 30.0. The Hall–Kier alpha value is -0.240. The number of hydrogen-bond donors (Lipinski definition) is 3. The van der Waals surface area contributed by atoms with Gasteiger partial charge in [0.15, 0.2) is 5.79 Å². The van der Waals surface area contributed by atoms with Crippen molar-refractivity contribution in [1.82, 2.24) is 0 Å². The van der Waals surface area contributed by atoms with E-state index in [1.165, 1.54) is 0 Å². The summed E-state index contributed by atoms with van der Waals surface area (Å²) in [6, 6.07) is 0. The fourth-order valence-corrected chi connectivity index (χ4v) is 3.94. The fraction of sp³-hybridized carbons (Fsp3) is 1.00. The smallest absolute Gasteiger partial charge is 0.164 e. The molecule has 2 aliphatic rings. The number of aliphatic hydroxyl groups excluding tert-OH is 2. The van der Waals surface area contributed by atoms with Gasteiger partial charge in [0, 0.05) is 0 Å². The zero-order chi connectivity index (χ0) is 18.4. The molecule has 0 amide bonds. The highest BCUT2D eigenvalue weighted by molar-refractivity contribution is 4.98. The summed E-state index contributed by atoms with van der Waals surface area (Å²) >= 11 is 0. The van der Waals surface area contributed by atoms with Gasteiger partial charge in [0.05, 0.1) is 35.6 Å². The van der Waals surface area contributed by atoms with Crippen molar-refractivity contribution in [2.45, 2.75) is 108 Å². The van der Waals surface area contributed by atoms with Gasteiger partial charge in [0.25, 0.3) is 0 Å². The monoisotopic (exact) mass is 346 g/mol. The molecule has 0 aliphatic carbocycles. The Balaban J connectivity index is 1.95. The van der Waals surface area contributed by atoms with Gasteiger partial charge >= 0.3 is 0 Å². The van der Waals surface area contributed by atoms with Crippen LogP contribution >= 0.6 is 0 Å². The molecule has 0 spiro atoms. The minimum atomic E-state index is -1.03. The maximum Gasteiger partial charge on any atom is 0.164 e. The summed E-state index contributed by atoms with van der Waals surface area (Å²) in [7, 11) is 0. The predicted molar refractivity (Wildman–Crippen MR) is 89.6 cm³/mol. The van der Waals surface area contributed by atoms with E-state index in [0.717, 1.165) is 0 Å². The molecule has 0 aromatic carbocycles. The van der Waals surface area contributed by atoms with Crippen LogP contribution in [0.1, 0.15) is 67.2 Å². The zero-order valence-electron chi connectivity index (χ0n) is 15.8. The average Bonchev–Trinajstić information content (AvgIpc) is 2.94. The van der Waals surface area contributed by atoms with E-state index in [1.807, 2.05) is 27.7 Å². The third-order valence-electron chi connectivity index (χ3n) is 5.51. The first-order valence-electron chi connectivity index (χ1n) is 8.88. The predicted octanol–water partition coefficient (Wildman–Crippen LogP) is 1.74. The van der Waals surface area contributed by atoms with E-state index in [4.69, 9.17) is 14.2 Å². The number of rotatable bonds is 6. The molecule has 6 heteroatoms. The van der Waals surface area contributed by atoms with Gasteiger partial charge in [0.2, 0.25) is 0 Å². The highest BCUT2D eigenvalue weighted by atomic mass is 16.8. The van der Waals surface area contributed by atoms with E-state index in [1.54, 1.807) is 13.8 Å². The van der Waals surface area contributed by atoms with Crippen molar-refractivity contribution in [2.24, 2.45) is 0 Å². The van der Waals surface area contributed by atoms with Crippen LogP contribution in [0.3, 0.4) is 0 Å². The van der Waals surface area contributed by atoms with Crippen LogP contribution in [0, 0.1) is 0 Å². The average molecular weight is 346 g/mol. The number of hydrogen-bond acceptors (Lipinski definition) is 6. The van der Waals surface area contributed by atoms with Crippen molar-refractivity contribution in [3.8, 4) is 0 Å². The van der Waals surface area contributed by atoms with Crippen molar-refractivity contribution in [1.29, 1.82) is 0 Å². The molecule has 0 bridgehead atoms. The summed E-state index contributed by atoms with van der Waals surface area (Å²) in [5.74, 6) is -0.617. The van der Waals surface area contributed by atoms with Crippen molar-refractivity contribution < 1.29 is 29.5 Å². The van der Waals surface area contributed by atoms with Crippen LogP contribution in [0.15, 0.2) is 0 Å². The van der Waals surface area contributed by atoms with Crippen LogP contribution in [0.4, 0.5) is 0 Å². The summed E-state index contributed by atoms with van der Waals surface area (Å²) < 4.78 is 17.8. The standard InChI is InChI=1S/C18H34O6/c1-15(2)13(22-16(3,4)24-15)7-9-17(5,21)14-8-10-18(6,23-14)12(20)11-19/h12-14,19-21H,7-11H2,1-6H3/t12-,13-,14-,17+,18+/m1/s1. The van der Waals surface area contributed by atoms with Crippen molar-refractivity contribution in [3.63, 3.8) is 0 Å². The molecule has 6 nitrogen and oxygen atoms in total. The first-order chi connectivity index (χ1) is 10.8. The molecule has 2 heterocycles. The lowest BCUT2D eigenvalue weighted by molar-refractivity contribution is -0.170. The minimum Gasteiger partial charge on any atom is -0.394 e. The van der Waals surface area contributed by atoms with E-state index in [-0.39, 0.29) is 18.8 Å². The highest BCUT2D eigenvalue weighted by Gasteiger charge is 2.50. The fourth-order valence-electron chi connectivity index (χ4n) is 3.94. The largest absolute Gasteiger partial charge is 0.394 e. The second-order valence-electron chi connectivity index (χ2n) is 8.76. The third-order valence-corrected chi connectivity index (χ3v) is 5.51. The van der Waals surface area contributed by atoms with E-state index in [9.17, 15) is 15.3 Å². The second-order valence-corrected chi connectivity index (χ2v) is 8.76. The van der Waals surface area contributed by atoms with Crippen LogP contribution in [0.5, 0.6) is 0 Å². The Bertz CT molecular complexity index is 447. The van der Waals surface area contributed by atoms with Crippen LogP contribution in [-0.4, -0.2) is 62.8 Å². The topological polar surface area (TPSA) is 88.4 Å². The van der Waals surface area contributed by atoms with E-state index in [2.05, 4.69) is 0 Å². The molecule has 3 N–H and O–H groups in total. The molecule has 2 aliphatic heterocycles. The summed E-state index contributed by atoms with van der Waals surface area (Å²) in [6.45, 7) is 11.0. The highest BCUT2D eigenvalue weighted by Crippen LogP contribution is 2.42. The molecular formula is C18H34O6. The van der Waals surface area contributed by atoms with Gasteiger partial charge in [-0.3, -0.25) is 0 Å². The zero-order valence-corrected chi connectivity index (χ0v) is 15.8. The van der Waals surface area contributed by atoms with Gasteiger partial charge in [-0.2, -0.15) is 0 Å². The van der Waals surface area contributed by atoms with Gasteiger partial charge in [-0.25, -0.2) is 0 Å². The van der Waals surface area contributed by atoms with Crippen molar-refractivity contribution in [3.05, 3.63) is 0 Å². The lowest BCUT2D eigenvalue weighted by atomic mass is 9.87. The van der Waals surface area contributed by atoms with Gasteiger partial charge in [-0.15, -0.1) is 0 Å². The Morgan fingerprint density at radius 3 is 2.29 bits per heavy atom. The Morgan fingerprint density at radius 1 is 1.17 bits per heavy atom. The van der Waals surface area contributed by atoms with Crippen LogP contribution in [0.25, 0.3) is 0 Å². The Morgan fingerprint density at radius 2 is 1.79 bits per heavy atom. The van der Waals surface area contributed by atoms with E-state index in [0.29, 0.717) is 25.7 Å². The first kappa shape index (κ1) is 20.1. The molecule has 2 rings (SSSR count). The molecular weight excluding hydrogens is 312 g/mol. The molecule has 0 radical (unpaired) electrons. The van der Waals surface area contributed by atoms with Crippen molar-refractivity contribution >= 4 is 0 Å². The lowest BCUT2D eigenvalue weighted by Gasteiger charge is -2.35. The summed E-state index contributed by atoms with van der Waals surface area (Å²) in [6.07, 6.45) is 1.01. The molecule has 142 valence electrons. The molecule has 2 fully saturated rings. The van der Waals surface area contributed by atoms with Gasteiger partial charge < -0.3 is 29.5 Å². The Labute approximate surface area is 145 Å². The number of aliphatic hydroxyl groups is 3. The minimum absolute atomic E-state index is 0.102. The normalized spacial score (nSPS) is 38.9.